The molecule has 2 aromatic heterocycles. The lowest BCUT2D eigenvalue weighted by Crippen LogP contribution is -2.09. The largest absolute Gasteiger partial charge is 0.254 e. The van der Waals surface area contributed by atoms with Crippen molar-refractivity contribution in [2.75, 3.05) is 0 Å². The molecule has 0 aliphatic heterocycles. The van der Waals surface area contributed by atoms with E-state index < -0.39 is 0 Å². The van der Waals surface area contributed by atoms with E-state index in [2.05, 4.69) is 71.5 Å². The molecule has 2 nitrogen and oxygen atoms in total. The van der Waals surface area contributed by atoms with Gasteiger partial charge in [-0.15, -0.1) is 0 Å². The zero-order valence-corrected chi connectivity index (χ0v) is 12.4. The van der Waals surface area contributed by atoms with Crippen molar-refractivity contribution in [1.29, 1.82) is 0 Å². The summed E-state index contributed by atoms with van der Waals surface area (Å²) >= 11 is 0. The van der Waals surface area contributed by atoms with Crippen molar-refractivity contribution >= 4 is 0 Å². The topological polar surface area (TPSA) is 25.8 Å². The van der Waals surface area contributed by atoms with Gasteiger partial charge in [0.2, 0.25) is 0 Å². The second-order valence-electron chi connectivity index (χ2n) is 6.35. The van der Waals surface area contributed by atoms with E-state index in [1.165, 1.54) is 16.7 Å². The Kier molecular flexibility index (Phi) is 2.22. The first-order chi connectivity index (χ1) is 10.8. The lowest BCUT2D eigenvalue weighted by atomic mass is 9.88. The van der Waals surface area contributed by atoms with Crippen LogP contribution in [-0.2, 0) is 5.41 Å². The normalized spacial score (nSPS) is 23.1. The van der Waals surface area contributed by atoms with E-state index in [0.717, 1.165) is 11.4 Å². The second kappa shape index (κ2) is 4.04. The van der Waals surface area contributed by atoms with Gasteiger partial charge in [-0.2, -0.15) is 0 Å². The summed E-state index contributed by atoms with van der Waals surface area (Å²) in [6, 6.07) is 19.4. The van der Waals surface area contributed by atoms with Crippen molar-refractivity contribution in [3.05, 3.63) is 83.7 Å². The van der Waals surface area contributed by atoms with Gasteiger partial charge in [0.15, 0.2) is 0 Å². The third kappa shape index (κ3) is 1.26. The number of rotatable bonds is 1. The lowest BCUT2D eigenvalue weighted by Gasteiger charge is -2.14. The molecule has 1 aromatic carbocycles. The van der Waals surface area contributed by atoms with Crippen LogP contribution in [-0.4, -0.2) is 9.97 Å². The Morgan fingerprint density at radius 3 is 1.95 bits per heavy atom. The summed E-state index contributed by atoms with van der Waals surface area (Å²) in [5, 5.41) is 0. The summed E-state index contributed by atoms with van der Waals surface area (Å²) in [7, 11) is 0. The highest BCUT2D eigenvalue weighted by Gasteiger charge is 2.68. The molecule has 2 heterocycles. The maximum Gasteiger partial charge on any atom is 0.0930 e. The predicted octanol–water partition coefficient (Wildman–Crippen LogP) is 4.18. The zero-order chi connectivity index (χ0) is 14.7. The number of benzene rings is 1. The van der Waals surface area contributed by atoms with Crippen molar-refractivity contribution in [3.8, 4) is 11.4 Å². The van der Waals surface area contributed by atoms with Crippen LogP contribution in [0.15, 0.2) is 67.0 Å². The Bertz CT molecular complexity index is 824. The van der Waals surface area contributed by atoms with Crippen LogP contribution in [0.3, 0.4) is 0 Å². The SMILES string of the molecule is C[C@H]1[C@H](c2ccccc2)C12c1cccnc1-c1ncccc12. The molecule has 1 saturated carbocycles. The van der Waals surface area contributed by atoms with E-state index in [-0.39, 0.29) is 5.41 Å². The number of pyridine rings is 2. The maximum atomic E-state index is 4.64. The molecule has 22 heavy (non-hydrogen) atoms. The van der Waals surface area contributed by atoms with Gasteiger partial charge < -0.3 is 0 Å². The highest BCUT2D eigenvalue weighted by Crippen LogP contribution is 2.73. The van der Waals surface area contributed by atoms with Crippen LogP contribution < -0.4 is 0 Å². The molecule has 2 aliphatic carbocycles. The van der Waals surface area contributed by atoms with E-state index in [4.69, 9.17) is 0 Å². The van der Waals surface area contributed by atoms with Crippen molar-refractivity contribution < 1.29 is 0 Å². The average molecular weight is 284 g/mol. The van der Waals surface area contributed by atoms with Gasteiger partial charge in [-0.3, -0.25) is 9.97 Å². The van der Waals surface area contributed by atoms with Crippen LogP contribution in [0.2, 0.25) is 0 Å². The molecule has 0 bridgehead atoms. The van der Waals surface area contributed by atoms with Crippen LogP contribution in [0, 0.1) is 5.92 Å². The molecule has 2 heteroatoms. The van der Waals surface area contributed by atoms with E-state index in [1.54, 1.807) is 0 Å². The summed E-state index contributed by atoms with van der Waals surface area (Å²) in [5.41, 5.74) is 6.33. The smallest absolute Gasteiger partial charge is 0.0930 e. The molecule has 1 spiro atoms. The second-order valence-corrected chi connectivity index (χ2v) is 6.35. The molecule has 3 aromatic rings. The average Bonchev–Trinajstić information content (AvgIpc) is 3.10. The Balaban J connectivity index is 1.79. The minimum absolute atomic E-state index is 0.0640. The number of aromatic nitrogens is 2. The minimum atomic E-state index is 0.0640. The molecule has 0 saturated heterocycles. The van der Waals surface area contributed by atoms with Gasteiger partial charge in [-0.1, -0.05) is 49.4 Å². The molecular formula is C20H16N2. The highest BCUT2D eigenvalue weighted by molar-refractivity contribution is 5.79. The fourth-order valence-corrected chi connectivity index (χ4v) is 4.60. The fourth-order valence-electron chi connectivity index (χ4n) is 4.60. The van der Waals surface area contributed by atoms with Gasteiger partial charge in [0.25, 0.3) is 0 Å². The van der Waals surface area contributed by atoms with Gasteiger partial charge >= 0.3 is 0 Å². The first-order valence-corrected chi connectivity index (χ1v) is 7.81. The molecule has 2 atom stereocenters. The van der Waals surface area contributed by atoms with Crippen molar-refractivity contribution in [2.45, 2.75) is 18.3 Å². The number of hydrogen-bond donors (Lipinski definition) is 0. The molecule has 0 amide bonds. The Labute approximate surface area is 129 Å². The summed E-state index contributed by atoms with van der Waals surface area (Å²) in [6.07, 6.45) is 3.75. The molecule has 2 aliphatic rings. The first kappa shape index (κ1) is 12.1. The van der Waals surface area contributed by atoms with E-state index in [0.29, 0.717) is 11.8 Å². The minimum Gasteiger partial charge on any atom is -0.254 e. The highest BCUT2D eigenvalue weighted by atomic mass is 14.8. The van der Waals surface area contributed by atoms with Crippen molar-refractivity contribution in [1.82, 2.24) is 9.97 Å². The quantitative estimate of drug-likeness (QED) is 0.670. The van der Waals surface area contributed by atoms with Gasteiger partial charge in [-0.05, 0) is 34.7 Å². The summed E-state index contributed by atoms with van der Waals surface area (Å²) in [5.74, 6) is 1.09. The number of fused-ring (bicyclic) bond motifs is 5. The van der Waals surface area contributed by atoms with Crippen molar-refractivity contribution in [2.24, 2.45) is 5.92 Å². The monoisotopic (exact) mass is 284 g/mol. The summed E-state index contributed by atoms with van der Waals surface area (Å²) in [4.78, 5) is 9.27. The van der Waals surface area contributed by atoms with Crippen LogP contribution in [0.4, 0.5) is 0 Å². The Morgan fingerprint density at radius 2 is 1.36 bits per heavy atom. The number of hydrogen-bond acceptors (Lipinski definition) is 2. The van der Waals surface area contributed by atoms with Gasteiger partial charge in [0.1, 0.15) is 0 Å². The number of nitrogens with zero attached hydrogens (tertiary/aromatic N) is 2. The molecule has 106 valence electrons. The Morgan fingerprint density at radius 1 is 0.773 bits per heavy atom. The van der Waals surface area contributed by atoms with E-state index >= 15 is 0 Å². The van der Waals surface area contributed by atoms with Crippen molar-refractivity contribution in [3.63, 3.8) is 0 Å². The van der Waals surface area contributed by atoms with E-state index in [1.807, 2.05) is 12.4 Å². The molecule has 0 N–H and O–H groups in total. The van der Waals surface area contributed by atoms with E-state index in [9.17, 15) is 0 Å². The van der Waals surface area contributed by atoms with Crippen LogP contribution in [0.1, 0.15) is 29.5 Å². The third-order valence-electron chi connectivity index (χ3n) is 5.49. The van der Waals surface area contributed by atoms with Crippen LogP contribution in [0.5, 0.6) is 0 Å². The molecular weight excluding hydrogens is 268 g/mol. The molecule has 1 fully saturated rings. The van der Waals surface area contributed by atoms with Crippen LogP contribution in [0.25, 0.3) is 11.4 Å². The fraction of sp³-hybridized carbons (Fsp3) is 0.200. The van der Waals surface area contributed by atoms with Gasteiger partial charge in [0, 0.05) is 23.7 Å². The van der Waals surface area contributed by atoms with Gasteiger partial charge in [-0.25, -0.2) is 0 Å². The first-order valence-electron chi connectivity index (χ1n) is 7.81. The zero-order valence-electron chi connectivity index (χ0n) is 12.4. The summed E-state index contributed by atoms with van der Waals surface area (Å²) in [6.45, 7) is 2.36. The summed E-state index contributed by atoms with van der Waals surface area (Å²) < 4.78 is 0. The maximum absolute atomic E-state index is 4.64. The van der Waals surface area contributed by atoms with Gasteiger partial charge in [0.05, 0.1) is 11.4 Å². The lowest BCUT2D eigenvalue weighted by molar-refractivity contribution is 0.763. The third-order valence-corrected chi connectivity index (χ3v) is 5.49. The Hall–Kier alpha value is -2.48. The molecule has 0 radical (unpaired) electrons. The standard InChI is InChI=1S/C20H16N2/c1-13-17(14-7-3-2-4-8-14)20(13)15-9-5-11-21-18(15)19-16(20)10-6-12-22-19/h2-13,17H,1H3/t13-,17+/m0/s1. The van der Waals surface area contributed by atoms with Crippen LogP contribution >= 0.6 is 0 Å². The molecule has 5 rings (SSSR count). The predicted molar refractivity (Wildman–Crippen MR) is 86.6 cm³/mol. The molecule has 0 unspecified atom stereocenters.